The zero-order valence-corrected chi connectivity index (χ0v) is 74.2. The van der Waals surface area contributed by atoms with Gasteiger partial charge in [-0.15, -0.1) is 0 Å². The van der Waals surface area contributed by atoms with E-state index in [2.05, 4.69) is 357 Å². The van der Waals surface area contributed by atoms with Gasteiger partial charge in [0.15, 0.2) is 0 Å². The molecular weight excluding hydrogens is 1430 g/mol. The molecule has 0 radical (unpaired) electrons. The van der Waals surface area contributed by atoms with Gasteiger partial charge in [-0.3, -0.25) is 0 Å². The van der Waals surface area contributed by atoms with Gasteiger partial charge in [-0.1, -0.05) is 274 Å². The molecule has 0 saturated heterocycles. The standard InChI is InChI=1S/C43H54O2.C37H42O2.C31H30O2/c1-11-13-19-44-35-25-31(41(5,6)7)23-33(27-35)43(34-24-32(42(8,9)10)26-36(28-34)45-20-14-12-2)39-21-29(3)15-17-37(39)38-18-16-30(4)22-40(38)43;1-7-9-15-38-31-19-27(5)17-29(23-31)37(30-18-28(6)20-32(24-30)39-16-10-8-2)35-21-25(3)11-13-33(35)34-14-12-26(4)22-36(34)37;1-19-7-9-27-28-10-8-20(2)16-30(28)31(29(27)15-19,23-11-21(3)13-25(17-23)32-5)24-12-22(4)14-26(18-24)33-6/h15-18,21-28H,11-14,19-20H2,1-10H3;11-14,17-24H,7-10,15-16H2,1-6H3;7-18H,1-6H3. The molecule has 0 bridgehead atoms. The van der Waals surface area contributed by atoms with Crippen molar-refractivity contribution in [3.63, 3.8) is 0 Å². The minimum absolute atomic E-state index is 0.0504. The summed E-state index contributed by atoms with van der Waals surface area (Å²) in [5, 5.41) is 0. The van der Waals surface area contributed by atoms with Crippen LogP contribution in [0.4, 0.5) is 0 Å². The first kappa shape index (κ1) is 84.4. The summed E-state index contributed by atoms with van der Waals surface area (Å²) < 4.78 is 37.2. The molecule has 0 saturated carbocycles. The van der Waals surface area contributed by atoms with Crippen LogP contribution >= 0.6 is 0 Å². The van der Waals surface area contributed by atoms with E-state index in [9.17, 15) is 0 Å². The summed E-state index contributed by atoms with van der Waals surface area (Å²) in [7, 11) is 3.48. The lowest BCUT2D eigenvalue weighted by Gasteiger charge is -2.37. The maximum atomic E-state index is 6.53. The molecule has 0 spiro atoms. The molecular formula is C111H126O6. The first-order valence-electron chi connectivity index (χ1n) is 43.1. The molecule has 0 N–H and O–H groups in total. The predicted octanol–water partition coefficient (Wildman–Crippen LogP) is 28.6. The number of methoxy groups -OCH3 is 2. The Morgan fingerprint density at radius 1 is 0.222 bits per heavy atom. The summed E-state index contributed by atoms with van der Waals surface area (Å²) in [4.78, 5) is 0. The van der Waals surface area contributed by atoms with Gasteiger partial charge in [0.25, 0.3) is 0 Å². The van der Waals surface area contributed by atoms with Crippen LogP contribution in [-0.4, -0.2) is 40.6 Å². The molecule has 0 heterocycles. The number of aryl methyl sites for hydroxylation is 10. The van der Waals surface area contributed by atoms with Gasteiger partial charge in [0, 0.05) is 0 Å². The molecule has 3 aliphatic rings. The van der Waals surface area contributed by atoms with Crippen molar-refractivity contribution in [3.8, 4) is 67.9 Å². The number of benzene rings is 12. The summed E-state index contributed by atoms with van der Waals surface area (Å²) in [5.74, 6) is 5.54. The van der Waals surface area contributed by atoms with Crippen LogP contribution in [0, 0.1) is 69.2 Å². The van der Waals surface area contributed by atoms with Crippen LogP contribution < -0.4 is 28.4 Å². The molecule has 0 amide bonds. The van der Waals surface area contributed by atoms with Gasteiger partial charge in [-0.25, -0.2) is 0 Å². The lowest BCUT2D eigenvalue weighted by molar-refractivity contribution is 0.307. The average Bonchev–Trinajstić information content (AvgIpc) is 1.55. The van der Waals surface area contributed by atoms with Crippen LogP contribution in [0.15, 0.2) is 218 Å². The second-order valence-electron chi connectivity index (χ2n) is 35.9. The molecule has 12 aromatic carbocycles. The Morgan fingerprint density at radius 2 is 0.419 bits per heavy atom. The van der Waals surface area contributed by atoms with E-state index in [4.69, 9.17) is 28.4 Å². The first-order chi connectivity index (χ1) is 56.0. The molecule has 0 fully saturated rings. The molecule has 0 unspecified atom stereocenters. The lowest BCUT2D eigenvalue weighted by atomic mass is 9.65. The Hall–Kier alpha value is -10.6. The Morgan fingerprint density at radius 3 is 0.624 bits per heavy atom. The van der Waals surface area contributed by atoms with Gasteiger partial charge in [0.2, 0.25) is 0 Å². The zero-order chi connectivity index (χ0) is 83.5. The van der Waals surface area contributed by atoms with E-state index in [0.29, 0.717) is 0 Å². The fourth-order valence-corrected chi connectivity index (χ4v) is 18.3. The normalized spacial score (nSPS) is 13.5. The van der Waals surface area contributed by atoms with Crippen molar-refractivity contribution in [2.75, 3.05) is 40.6 Å². The van der Waals surface area contributed by atoms with Crippen LogP contribution in [0.1, 0.15) is 254 Å². The molecule has 0 atom stereocenters. The highest BCUT2D eigenvalue weighted by atomic mass is 16.5. The number of hydrogen-bond acceptors (Lipinski definition) is 6. The summed E-state index contributed by atoms with van der Waals surface area (Å²) in [6, 6.07) is 82.5. The van der Waals surface area contributed by atoms with Gasteiger partial charge in [-0.2, -0.15) is 0 Å². The van der Waals surface area contributed by atoms with Crippen LogP contribution in [0.5, 0.6) is 34.5 Å². The molecule has 606 valence electrons. The highest BCUT2D eigenvalue weighted by Crippen LogP contribution is 2.62. The second kappa shape index (κ2) is 34.9. The van der Waals surface area contributed by atoms with E-state index in [-0.39, 0.29) is 10.8 Å². The van der Waals surface area contributed by atoms with Gasteiger partial charge >= 0.3 is 0 Å². The molecule has 0 aromatic heterocycles. The van der Waals surface area contributed by atoms with Crippen molar-refractivity contribution >= 4 is 0 Å². The number of ether oxygens (including phenoxy) is 6. The minimum atomic E-state index is -0.545. The zero-order valence-electron chi connectivity index (χ0n) is 74.2. The van der Waals surface area contributed by atoms with Crippen LogP contribution in [-0.2, 0) is 27.1 Å². The maximum absolute atomic E-state index is 6.53. The third-order valence-corrected chi connectivity index (χ3v) is 24.2. The number of unbranched alkanes of at least 4 members (excludes halogenated alkanes) is 4. The molecule has 6 nitrogen and oxygen atoms in total. The third-order valence-electron chi connectivity index (χ3n) is 24.2. The summed E-state index contributed by atoms with van der Waals surface area (Å²) in [5.41, 5.74) is 36.5. The fourth-order valence-electron chi connectivity index (χ4n) is 18.3. The highest BCUT2D eigenvalue weighted by Gasteiger charge is 2.51. The Kier molecular flexibility index (Phi) is 25.2. The Balaban J connectivity index is 0.000000154. The SMILES string of the molecule is CCCCOc1cc(C(C)(C)C)cc(C2(c3cc(OCCCC)cc(C(C)(C)C)c3)c3cc(C)ccc3-c3ccc(C)cc32)c1.CCCCOc1cc(C)cc(C2(c3cc(C)cc(OCCCC)c3)c3cc(C)ccc3-c3ccc(C)cc32)c1.COc1cc(C)cc(C2(c3cc(C)cc(OC)c3)c3cc(C)ccc3-c3ccc(C)cc32)c1. The maximum Gasteiger partial charge on any atom is 0.119 e. The molecule has 12 aromatic rings. The quantitative estimate of drug-likeness (QED) is 0.0562. The van der Waals surface area contributed by atoms with Crippen molar-refractivity contribution in [3.05, 3.63) is 352 Å². The fraction of sp³-hybridized carbons (Fsp3) is 0.351. The van der Waals surface area contributed by atoms with Crippen LogP contribution in [0.25, 0.3) is 33.4 Å². The van der Waals surface area contributed by atoms with E-state index >= 15 is 0 Å². The number of fused-ring (bicyclic) bond motifs is 9. The van der Waals surface area contributed by atoms with Gasteiger partial charge < -0.3 is 28.4 Å². The minimum Gasteiger partial charge on any atom is -0.497 e. The van der Waals surface area contributed by atoms with E-state index in [1.165, 1.54) is 167 Å². The predicted molar refractivity (Wildman–Crippen MR) is 491 cm³/mol. The number of hydrogen-bond donors (Lipinski definition) is 0. The van der Waals surface area contributed by atoms with Crippen molar-refractivity contribution < 1.29 is 28.4 Å². The summed E-state index contributed by atoms with van der Waals surface area (Å²) in [6.45, 7) is 47.4. The Bertz CT molecular complexity index is 5270. The van der Waals surface area contributed by atoms with Crippen molar-refractivity contribution in [2.24, 2.45) is 0 Å². The molecule has 0 aliphatic heterocycles. The molecule has 117 heavy (non-hydrogen) atoms. The van der Waals surface area contributed by atoms with Crippen molar-refractivity contribution in [1.29, 1.82) is 0 Å². The summed E-state index contributed by atoms with van der Waals surface area (Å²) in [6.07, 6.45) is 8.62. The van der Waals surface area contributed by atoms with Crippen molar-refractivity contribution in [2.45, 2.75) is 217 Å². The van der Waals surface area contributed by atoms with Crippen LogP contribution in [0.3, 0.4) is 0 Å². The highest BCUT2D eigenvalue weighted by molar-refractivity contribution is 5.90. The van der Waals surface area contributed by atoms with Crippen molar-refractivity contribution in [1.82, 2.24) is 0 Å². The summed E-state index contributed by atoms with van der Waals surface area (Å²) >= 11 is 0. The van der Waals surface area contributed by atoms with E-state index < -0.39 is 16.2 Å². The topological polar surface area (TPSA) is 55.4 Å². The number of rotatable bonds is 24. The lowest BCUT2D eigenvalue weighted by Crippen LogP contribution is -2.30. The molecule has 3 aliphatic carbocycles. The van der Waals surface area contributed by atoms with Crippen LogP contribution in [0.2, 0.25) is 0 Å². The second-order valence-corrected chi connectivity index (χ2v) is 35.9. The molecule has 15 rings (SSSR count). The third kappa shape index (κ3) is 16.8. The van der Waals surface area contributed by atoms with Gasteiger partial charge in [0.05, 0.1) is 56.9 Å². The molecule has 6 heteroatoms. The largest absolute Gasteiger partial charge is 0.497 e. The average molecular weight is 1560 g/mol. The first-order valence-corrected chi connectivity index (χ1v) is 43.1. The smallest absolute Gasteiger partial charge is 0.119 e. The van der Waals surface area contributed by atoms with E-state index in [0.717, 1.165) is 112 Å². The van der Waals surface area contributed by atoms with Gasteiger partial charge in [-0.05, 0) is 312 Å². The van der Waals surface area contributed by atoms with E-state index in [1.54, 1.807) is 14.2 Å². The Labute approximate surface area is 701 Å². The monoisotopic (exact) mass is 1550 g/mol. The van der Waals surface area contributed by atoms with E-state index in [1.807, 2.05) is 0 Å². The van der Waals surface area contributed by atoms with Gasteiger partial charge in [0.1, 0.15) is 34.5 Å².